The Morgan fingerprint density at radius 2 is 2.00 bits per heavy atom. The van der Waals surface area contributed by atoms with Crippen LogP contribution >= 0.6 is 27.7 Å². The Hall–Kier alpha value is -2.39. The summed E-state index contributed by atoms with van der Waals surface area (Å²) in [6.45, 7) is 1.93. The van der Waals surface area contributed by atoms with E-state index in [0.717, 1.165) is 27.9 Å². The van der Waals surface area contributed by atoms with Gasteiger partial charge in [0.2, 0.25) is 11.8 Å². The van der Waals surface area contributed by atoms with Gasteiger partial charge in [-0.1, -0.05) is 6.07 Å². The molecule has 0 atom stereocenters. The fourth-order valence-corrected chi connectivity index (χ4v) is 3.38. The predicted molar refractivity (Wildman–Crippen MR) is 99.8 cm³/mol. The van der Waals surface area contributed by atoms with E-state index >= 15 is 0 Å². The number of thioether (sulfide) groups is 1. The third kappa shape index (κ3) is 5.04. The molecule has 9 heteroatoms. The van der Waals surface area contributed by atoms with E-state index in [4.69, 9.17) is 5.73 Å². The zero-order valence-corrected chi connectivity index (χ0v) is 15.5. The van der Waals surface area contributed by atoms with E-state index in [2.05, 4.69) is 21.2 Å². The predicted octanol–water partition coefficient (Wildman–Crippen LogP) is 3.50. The van der Waals surface area contributed by atoms with Gasteiger partial charge in [-0.2, -0.15) is 0 Å². The third-order valence-electron chi connectivity index (χ3n) is 3.20. The topological polar surface area (TPSA) is 115 Å². The number of hydrogen-bond acceptors (Lipinski definition) is 5. The molecule has 0 radical (unpaired) electrons. The zero-order chi connectivity index (χ0) is 18.6. The number of rotatable bonds is 6. The Morgan fingerprint density at radius 3 is 2.60 bits per heavy atom. The monoisotopic (exact) mass is 423 g/mol. The number of nitrogens with two attached hydrogens (primary N) is 1. The van der Waals surface area contributed by atoms with Gasteiger partial charge in [0.05, 0.1) is 21.3 Å². The van der Waals surface area contributed by atoms with Gasteiger partial charge >= 0.3 is 0 Å². The number of amides is 2. The molecule has 0 bridgehead atoms. The van der Waals surface area contributed by atoms with Crippen LogP contribution in [0.1, 0.15) is 15.9 Å². The van der Waals surface area contributed by atoms with Crippen molar-refractivity contribution in [3.63, 3.8) is 0 Å². The van der Waals surface area contributed by atoms with E-state index in [1.165, 1.54) is 12.1 Å². The lowest BCUT2D eigenvalue weighted by Gasteiger charge is -2.08. The van der Waals surface area contributed by atoms with Crippen LogP contribution in [0.15, 0.2) is 45.8 Å². The van der Waals surface area contributed by atoms with Gasteiger partial charge in [-0.15, -0.1) is 11.8 Å². The van der Waals surface area contributed by atoms with Crippen LogP contribution in [0, 0.1) is 17.0 Å². The first-order valence-electron chi connectivity index (χ1n) is 7.05. The molecule has 2 rings (SSSR count). The third-order valence-corrected chi connectivity index (χ3v) is 4.92. The molecule has 7 nitrogen and oxygen atoms in total. The second kappa shape index (κ2) is 8.13. The molecule has 2 aromatic carbocycles. The minimum Gasteiger partial charge on any atom is -0.366 e. The zero-order valence-electron chi connectivity index (χ0n) is 13.1. The molecule has 0 aromatic heterocycles. The molecule has 0 saturated carbocycles. The van der Waals surface area contributed by atoms with Gasteiger partial charge in [0.15, 0.2) is 0 Å². The van der Waals surface area contributed by atoms with Crippen LogP contribution in [0.4, 0.5) is 11.4 Å². The number of benzene rings is 2. The number of nitro benzene ring substituents is 1. The second-order valence-electron chi connectivity index (χ2n) is 5.12. The van der Waals surface area contributed by atoms with Crippen LogP contribution in [-0.4, -0.2) is 22.5 Å². The van der Waals surface area contributed by atoms with Crippen LogP contribution in [0.25, 0.3) is 0 Å². The van der Waals surface area contributed by atoms with Crippen molar-refractivity contribution in [3.8, 4) is 0 Å². The maximum absolute atomic E-state index is 12.1. The number of primary amides is 1. The van der Waals surface area contributed by atoms with Crippen molar-refractivity contribution >= 4 is 50.9 Å². The molecule has 0 aliphatic heterocycles. The average molecular weight is 424 g/mol. The molecule has 25 heavy (non-hydrogen) atoms. The number of nitrogens with one attached hydrogen (secondary N) is 1. The van der Waals surface area contributed by atoms with Crippen molar-refractivity contribution < 1.29 is 14.5 Å². The number of hydrogen-bond donors (Lipinski definition) is 2. The van der Waals surface area contributed by atoms with Crippen molar-refractivity contribution in [2.24, 2.45) is 5.73 Å². The first-order chi connectivity index (χ1) is 11.8. The Balaban J connectivity index is 2.08. The lowest BCUT2D eigenvalue weighted by atomic mass is 10.2. The molecular formula is C16H14BrN3O4S. The van der Waals surface area contributed by atoms with Gasteiger partial charge in [0.1, 0.15) is 0 Å². The summed E-state index contributed by atoms with van der Waals surface area (Å²) >= 11 is 4.38. The number of nitrogens with zero attached hydrogens (tertiary/aromatic N) is 1. The SMILES string of the molecule is Cc1ccc(NC(=O)CSc2ccc(C(N)=O)cc2[N+](=O)[O-])c(Br)c1. The Labute approximate surface area is 156 Å². The highest BCUT2D eigenvalue weighted by atomic mass is 79.9. The Bertz CT molecular complexity index is 857. The highest BCUT2D eigenvalue weighted by molar-refractivity contribution is 9.10. The molecule has 2 amide bonds. The highest BCUT2D eigenvalue weighted by Crippen LogP contribution is 2.30. The normalized spacial score (nSPS) is 10.3. The van der Waals surface area contributed by atoms with Crippen LogP contribution in [0.5, 0.6) is 0 Å². The molecule has 0 aliphatic rings. The molecule has 0 aliphatic carbocycles. The summed E-state index contributed by atoms with van der Waals surface area (Å²) in [6, 6.07) is 9.42. The summed E-state index contributed by atoms with van der Waals surface area (Å²) in [5, 5.41) is 13.9. The number of carbonyl (C=O) groups excluding carboxylic acids is 2. The lowest BCUT2D eigenvalue weighted by Crippen LogP contribution is -2.15. The maximum Gasteiger partial charge on any atom is 0.283 e. The van der Waals surface area contributed by atoms with Crippen LogP contribution in [-0.2, 0) is 4.79 Å². The molecule has 0 spiro atoms. The van der Waals surface area contributed by atoms with E-state index in [0.29, 0.717) is 5.69 Å². The minimum absolute atomic E-state index is 0.0168. The van der Waals surface area contributed by atoms with E-state index in [1.807, 2.05) is 19.1 Å². The summed E-state index contributed by atoms with van der Waals surface area (Å²) in [5.41, 5.74) is 6.58. The van der Waals surface area contributed by atoms with Gasteiger partial charge in [0, 0.05) is 16.1 Å². The van der Waals surface area contributed by atoms with E-state index in [-0.39, 0.29) is 27.8 Å². The maximum atomic E-state index is 12.1. The fraction of sp³-hybridized carbons (Fsp3) is 0.125. The number of anilines is 1. The smallest absolute Gasteiger partial charge is 0.283 e. The molecule has 2 aromatic rings. The second-order valence-corrected chi connectivity index (χ2v) is 7.00. The number of halogens is 1. The Kier molecular flexibility index (Phi) is 6.16. The summed E-state index contributed by atoms with van der Waals surface area (Å²) in [6.07, 6.45) is 0. The van der Waals surface area contributed by atoms with Crippen molar-refractivity contribution in [3.05, 3.63) is 62.1 Å². The number of aryl methyl sites for hydroxylation is 1. The molecule has 130 valence electrons. The number of carbonyl (C=O) groups is 2. The van der Waals surface area contributed by atoms with Crippen LogP contribution in [0.3, 0.4) is 0 Å². The molecular weight excluding hydrogens is 410 g/mol. The standard InChI is InChI=1S/C16H14BrN3O4S/c1-9-2-4-12(11(17)6-9)19-15(21)8-25-14-5-3-10(16(18)22)7-13(14)20(23)24/h2-7H,8H2,1H3,(H2,18,22)(H,19,21). The van der Waals surface area contributed by atoms with Gasteiger partial charge in [-0.05, 0) is 52.7 Å². The summed E-state index contributed by atoms with van der Waals surface area (Å²) in [7, 11) is 0. The van der Waals surface area contributed by atoms with Gasteiger partial charge in [0.25, 0.3) is 5.69 Å². The summed E-state index contributed by atoms with van der Waals surface area (Å²) in [5.74, 6) is -1.07. The van der Waals surface area contributed by atoms with Crippen molar-refractivity contribution in [1.82, 2.24) is 0 Å². The summed E-state index contributed by atoms with van der Waals surface area (Å²) in [4.78, 5) is 34.0. The first-order valence-corrected chi connectivity index (χ1v) is 8.83. The lowest BCUT2D eigenvalue weighted by molar-refractivity contribution is -0.387. The van der Waals surface area contributed by atoms with Gasteiger partial charge in [-0.25, -0.2) is 0 Å². The minimum atomic E-state index is -0.749. The molecule has 0 unspecified atom stereocenters. The van der Waals surface area contributed by atoms with E-state index < -0.39 is 10.8 Å². The molecule has 0 heterocycles. The van der Waals surface area contributed by atoms with E-state index in [1.54, 1.807) is 6.07 Å². The first kappa shape index (κ1) is 18.9. The van der Waals surface area contributed by atoms with Crippen molar-refractivity contribution in [1.29, 1.82) is 0 Å². The van der Waals surface area contributed by atoms with Crippen molar-refractivity contribution in [2.75, 3.05) is 11.1 Å². The fourth-order valence-electron chi connectivity index (χ4n) is 1.99. The molecule has 3 N–H and O–H groups in total. The Morgan fingerprint density at radius 1 is 1.28 bits per heavy atom. The average Bonchev–Trinajstić information content (AvgIpc) is 2.55. The molecule has 0 fully saturated rings. The van der Waals surface area contributed by atoms with Crippen LogP contribution < -0.4 is 11.1 Å². The quantitative estimate of drug-likeness (QED) is 0.419. The van der Waals surface area contributed by atoms with Gasteiger partial charge in [-0.3, -0.25) is 19.7 Å². The van der Waals surface area contributed by atoms with Crippen LogP contribution in [0.2, 0.25) is 0 Å². The number of nitro groups is 1. The van der Waals surface area contributed by atoms with Crippen molar-refractivity contribution in [2.45, 2.75) is 11.8 Å². The van der Waals surface area contributed by atoms with E-state index in [9.17, 15) is 19.7 Å². The highest BCUT2D eigenvalue weighted by Gasteiger charge is 2.18. The largest absolute Gasteiger partial charge is 0.366 e. The summed E-state index contributed by atoms with van der Waals surface area (Å²) < 4.78 is 0.752. The van der Waals surface area contributed by atoms with Gasteiger partial charge < -0.3 is 11.1 Å². The molecule has 0 saturated heterocycles.